The number of hydrogen-bond donors (Lipinski definition) is 1. The smallest absolute Gasteiger partial charge is 0.0278 e. The fourth-order valence-corrected chi connectivity index (χ4v) is 2.06. The first-order chi connectivity index (χ1) is 7.90. The molecule has 1 aromatic rings. The second-order valence-electron chi connectivity index (χ2n) is 5.46. The second-order valence-corrected chi connectivity index (χ2v) is 5.46. The third-order valence-corrected chi connectivity index (χ3v) is 3.60. The van der Waals surface area contributed by atoms with Crippen molar-refractivity contribution >= 4 is 0 Å². The molecule has 0 aliphatic carbocycles. The van der Waals surface area contributed by atoms with Crippen LogP contribution < -0.4 is 5.73 Å². The van der Waals surface area contributed by atoms with Crippen LogP contribution in [0.25, 0.3) is 0 Å². The van der Waals surface area contributed by atoms with Crippen LogP contribution in [0.15, 0.2) is 18.2 Å². The predicted molar refractivity (Wildman–Crippen MR) is 75.1 cm³/mol. The summed E-state index contributed by atoms with van der Waals surface area (Å²) in [7, 11) is 0. The SMILES string of the molecule is CCN(Cc1cc(C)ccc1C)C(C)(C)CN. The lowest BCUT2D eigenvalue weighted by atomic mass is 9.99. The van der Waals surface area contributed by atoms with Gasteiger partial charge in [-0.2, -0.15) is 0 Å². The summed E-state index contributed by atoms with van der Waals surface area (Å²) < 4.78 is 0. The Morgan fingerprint density at radius 3 is 2.41 bits per heavy atom. The molecule has 0 saturated carbocycles. The van der Waals surface area contributed by atoms with Crippen molar-refractivity contribution in [2.45, 2.75) is 46.7 Å². The molecule has 0 bridgehead atoms. The lowest BCUT2D eigenvalue weighted by Gasteiger charge is -2.37. The zero-order valence-electron chi connectivity index (χ0n) is 11.9. The summed E-state index contributed by atoms with van der Waals surface area (Å²) >= 11 is 0. The number of rotatable bonds is 5. The van der Waals surface area contributed by atoms with Gasteiger partial charge in [0.15, 0.2) is 0 Å². The van der Waals surface area contributed by atoms with Gasteiger partial charge >= 0.3 is 0 Å². The van der Waals surface area contributed by atoms with E-state index in [0.717, 1.165) is 13.1 Å². The Bertz CT molecular complexity index is 369. The van der Waals surface area contributed by atoms with Gasteiger partial charge in [-0.05, 0) is 45.4 Å². The molecule has 0 fully saturated rings. The normalized spacial score (nSPS) is 12.2. The maximum atomic E-state index is 5.86. The molecule has 0 unspecified atom stereocenters. The third kappa shape index (κ3) is 3.55. The Kier molecular flexibility index (Phi) is 4.72. The summed E-state index contributed by atoms with van der Waals surface area (Å²) in [5.41, 5.74) is 10.0. The molecule has 1 aromatic carbocycles. The van der Waals surface area contributed by atoms with Crippen LogP contribution in [0.1, 0.15) is 37.5 Å². The number of benzene rings is 1. The molecular weight excluding hydrogens is 208 g/mol. The Hall–Kier alpha value is -0.860. The highest BCUT2D eigenvalue weighted by Crippen LogP contribution is 2.19. The van der Waals surface area contributed by atoms with Crippen LogP contribution in [0.4, 0.5) is 0 Å². The molecule has 17 heavy (non-hydrogen) atoms. The Labute approximate surface area is 106 Å². The van der Waals surface area contributed by atoms with Crippen LogP contribution in [-0.4, -0.2) is 23.5 Å². The molecule has 1 rings (SSSR count). The number of nitrogens with two attached hydrogens (primary N) is 1. The van der Waals surface area contributed by atoms with Crippen LogP contribution in [0.5, 0.6) is 0 Å². The van der Waals surface area contributed by atoms with E-state index >= 15 is 0 Å². The van der Waals surface area contributed by atoms with Crippen molar-refractivity contribution in [1.82, 2.24) is 4.90 Å². The first kappa shape index (κ1) is 14.2. The van der Waals surface area contributed by atoms with Crippen LogP contribution in [0.2, 0.25) is 0 Å². The number of likely N-dealkylation sites (N-methyl/N-ethyl adjacent to an activating group) is 1. The van der Waals surface area contributed by atoms with E-state index in [9.17, 15) is 0 Å². The van der Waals surface area contributed by atoms with Crippen molar-refractivity contribution < 1.29 is 0 Å². The molecule has 2 nitrogen and oxygen atoms in total. The van der Waals surface area contributed by atoms with Crippen molar-refractivity contribution in [3.8, 4) is 0 Å². The molecular formula is C15H26N2. The zero-order valence-corrected chi connectivity index (χ0v) is 11.9. The predicted octanol–water partition coefficient (Wildman–Crippen LogP) is 2.86. The van der Waals surface area contributed by atoms with Gasteiger partial charge in [0.2, 0.25) is 0 Å². The maximum absolute atomic E-state index is 5.86. The van der Waals surface area contributed by atoms with E-state index in [1.54, 1.807) is 0 Å². The quantitative estimate of drug-likeness (QED) is 0.849. The van der Waals surface area contributed by atoms with Crippen LogP contribution in [0, 0.1) is 13.8 Å². The lowest BCUT2D eigenvalue weighted by Crippen LogP contribution is -2.48. The molecule has 0 atom stereocenters. The average Bonchev–Trinajstić information content (AvgIpc) is 2.30. The van der Waals surface area contributed by atoms with Gasteiger partial charge in [0.1, 0.15) is 0 Å². The summed E-state index contributed by atoms with van der Waals surface area (Å²) in [6.07, 6.45) is 0. The Morgan fingerprint density at radius 2 is 1.88 bits per heavy atom. The molecule has 0 aliphatic rings. The summed E-state index contributed by atoms with van der Waals surface area (Å²) in [6, 6.07) is 6.65. The third-order valence-electron chi connectivity index (χ3n) is 3.60. The summed E-state index contributed by atoms with van der Waals surface area (Å²) in [4.78, 5) is 2.44. The van der Waals surface area contributed by atoms with Gasteiger partial charge in [0.25, 0.3) is 0 Å². The fourth-order valence-electron chi connectivity index (χ4n) is 2.06. The molecule has 96 valence electrons. The van der Waals surface area contributed by atoms with Crippen molar-refractivity contribution in [3.63, 3.8) is 0 Å². The van der Waals surface area contributed by atoms with E-state index in [-0.39, 0.29) is 5.54 Å². The fraction of sp³-hybridized carbons (Fsp3) is 0.600. The highest BCUT2D eigenvalue weighted by molar-refractivity contribution is 5.30. The summed E-state index contributed by atoms with van der Waals surface area (Å²) in [5.74, 6) is 0. The Balaban J connectivity index is 2.91. The molecule has 0 aromatic heterocycles. The highest BCUT2D eigenvalue weighted by Gasteiger charge is 2.24. The minimum Gasteiger partial charge on any atom is -0.329 e. The van der Waals surface area contributed by atoms with Gasteiger partial charge in [-0.25, -0.2) is 0 Å². The monoisotopic (exact) mass is 234 g/mol. The van der Waals surface area contributed by atoms with E-state index in [0.29, 0.717) is 6.54 Å². The van der Waals surface area contributed by atoms with Gasteiger partial charge < -0.3 is 5.73 Å². The number of nitrogens with zero attached hydrogens (tertiary/aromatic N) is 1. The largest absolute Gasteiger partial charge is 0.329 e. The number of hydrogen-bond acceptors (Lipinski definition) is 2. The molecule has 0 heterocycles. The standard InChI is InChI=1S/C15H26N2/c1-6-17(15(4,5)11-16)10-14-9-12(2)7-8-13(14)3/h7-9H,6,10-11,16H2,1-5H3. The molecule has 0 spiro atoms. The molecule has 0 amide bonds. The topological polar surface area (TPSA) is 29.3 Å². The number of aryl methyl sites for hydroxylation is 2. The minimum atomic E-state index is 0.0605. The average molecular weight is 234 g/mol. The van der Waals surface area contributed by atoms with Gasteiger partial charge in [0.05, 0.1) is 0 Å². The minimum absolute atomic E-state index is 0.0605. The molecule has 0 saturated heterocycles. The second kappa shape index (κ2) is 5.65. The summed E-state index contributed by atoms with van der Waals surface area (Å²) in [5, 5.41) is 0. The highest BCUT2D eigenvalue weighted by atomic mass is 15.2. The maximum Gasteiger partial charge on any atom is 0.0278 e. The van der Waals surface area contributed by atoms with E-state index in [1.807, 2.05) is 0 Å². The van der Waals surface area contributed by atoms with E-state index < -0.39 is 0 Å². The lowest BCUT2D eigenvalue weighted by molar-refractivity contribution is 0.125. The van der Waals surface area contributed by atoms with Crippen LogP contribution in [-0.2, 0) is 6.54 Å². The zero-order chi connectivity index (χ0) is 13.1. The van der Waals surface area contributed by atoms with Crippen LogP contribution in [0.3, 0.4) is 0 Å². The van der Waals surface area contributed by atoms with Crippen molar-refractivity contribution in [1.29, 1.82) is 0 Å². The van der Waals surface area contributed by atoms with Crippen molar-refractivity contribution in [2.75, 3.05) is 13.1 Å². The van der Waals surface area contributed by atoms with E-state index in [1.165, 1.54) is 16.7 Å². The van der Waals surface area contributed by atoms with Crippen molar-refractivity contribution in [3.05, 3.63) is 34.9 Å². The molecule has 2 N–H and O–H groups in total. The van der Waals surface area contributed by atoms with Gasteiger partial charge in [-0.1, -0.05) is 30.7 Å². The molecule has 0 aliphatic heterocycles. The van der Waals surface area contributed by atoms with Gasteiger partial charge in [-0.3, -0.25) is 4.90 Å². The van der Waals surface area contributed by atoms with Gasteiger partial charge in [0, 0.05) is 18.6 Å². The first-order valence-corrected chi connectivity index (χ1v) is 6.42. The van der Waals surface area contributed by atoms with Crippen LogP contribution >= 0.6 is 0 Å². The first-order valence-electron chi connectivity index (χ1n) is 6.42. The molecule has 2 heteroatoms. The van der Waals surface area contributed by atoms with E-state index in [2.05, 4.69) is 57.7 Å². The van der Waals surface area contributed by atoms with E-state index in [4.69, 9.17) is 5.73 Å². The van der Waals surface area contributed by atoms with Crippen molar-refractivity contribution in [2.24, 2.45) is 5.73 Å². The van der Waals surface area contributed by atoms with Gasteiger partial charge in [-0.15, -0.1) is 0 Å². The Morgan fingerprint density at radius 1 is 1.24 bits per heavy atom. The molecule has 0 radical (unpaired) electrons. The summed E-state index contributed by atoms with van der Waals surface area (Å²) in [6.45, 7) is 13.6.